The third-order valence-electron chi connectivity index (χ3n) is 4.46. The smallest absolute Gasteiger partial charge is 0.332 e. The van der Waals surface area contributed by atoms with Gasteiger partial charge in [0.2, 0.25) is 5.91 Å². The summed E-state index contributed by atoms with van der Waals surface area (Å²) >= 11 is 0. The summed E-state index contributed by atoms with van der Waals surface area (Å²) in [5.74, 6) is -0.0748. The molecule has 3 rings (SSSR count). The van der Waals surface area contributed by atoms with Gasteiger partial charge < -0.3 is 11.1 Å². The van der Waals surface area contributed by atoms with Crippen molar-refractivity contribution in [3.8, 4) is 0 Å². The summed E-state index contributed by atoms with van der Waals surface area (Å²) in [6.07, 6.45) is 1.68. The maximum Gasteiger partial charge on any atom is 0.332 e. The Kier molecular flexibility index (Phi) is 4.79. The maximum absolute atomic E-state index is 13.1. The number of nitrogens with zero attached hydrogens (tertiary/aromatic N) is 1. The number of carbonyl (C=O) groups excluding carboxylic acids is 2. The van der Waals surface area contributed by atoms with E-state index in [4.69, 9.17) is 5.73 Å². The second-order valence-electron chi connectivity index (χ2n) is 6.10. The number of urea groups is 1. The summed E-state index contributed by atoms with van der Waals surface area (Å²) in [6.45, 7) is 0. The van der Waals surface area contributed by atoms with Crippen molar-refractivity contribution in [3.05, 3.63) is 66.2 Å². The lowest BCUT2D eigenvalue weighted by Crippen LogP contribution is -2.38. The number of nitrogens with one attached hydrogen (secondary N) is 2. The van der Waals surface area contributed by atoms with Crippen LogP contribution in [0.25, 0.3) is 0 Å². The van der Waals surface area contributed by atoms with Crippen molar-refractivity contribution in [1.29, 1.82) is 0 Å². The second kappa shape index (κ2) is 7.17. The molecule has 25 heavy (non-hydrogen) atoms. The fourth-order valence-electron chi connectivity index (χ4n) is 3.21. The topological polar surface area (TPSA) is 96.6 Å². The van der Waals surface area contributed by atoms with Gasteiger partial charge in [0.1, 0.15) is 0 Å². The Balaban J connectivity index is 1.90. The molecular formula is C19H20N4O2. The Labute approximate surface area is 146 Å². The van der Waals surface area contributed by atoms with E-state index in [-0.39, 0.29) is 5.91 Å². The van der Waals surface area contributed by atoms with Crippen LogP contribution in [0.15, 0.2) is 65.8 Å². The molecule has 6 heteroatoms. The Morgan fingerprint density at radius 3 is 2.28 bits per heavy atom. The van der Waals surface area contributed by atoms with Gasteiger partial charge in [0.15, 0.2) is 0 Å². The third kappa shape index (κ3) is 3.68. The summed E-state index contributed by atoms with van der Waals surface area (Å²) in [4.78, 5) is 24.0. The van der Waals surface area contributed by atoms with E-state index in [0.717, 1.165) is 17.0 Å². The highest BCUT2D eigenvalue weighted by molar-refractivity contribution is 6.05. The summed E-state index contributed by atoms with van der Waals surface area (Å²) in [7, 11) is 0. The lowest BCUT2D eigenvalue weighted by atomic mass is 9.78. The van der Waals surface area contributed by atoms with Crippen molar-refractivity contribution < 1.29 is 9.59 Å². The summed E-state index contributed by atoms with van der Waals surface area (Å²) in [6, 6.07) is 18.3. The fraction of sp³-hybridized carbons (Fsp3) is 0.211. The molecule has 2 aromatic rings. The number of benzene rings is 2. The van der Waals surface area contributed by atoms with Crippen molar-refractivity contribution in [2.45, 2.75) is 24.7 Å². The van der Waals surface area contributed by atoms with Crippen molar-refractivity contribution in [3.63, 3.8) is 0 Å². The lowest BCUT2D eigenvalue weighted by molar-refractivity contribution is -0.121. The molecule has 3 amide bonds. The predicted molar refractivity (Wildman–Crippen MR) is 97.2 cm³/mol. The van der Waals surface area contributed by atoms with Crippen LogP contribution in [-0.2, 0) is 10.2 Å². The Morgan fingerprint density at radius 2 is 1.64 bits per heavy atom. The Bertz CT molecular complexity index is 790. The zero-order chi connectivity index (χ0) is 17.7. The number of amides is 3. The van der Waals surface area contributed by atoms with Gasteiger partial charge >= 0.3 is 6.03 Å². The molecule has 2 aromatic carbocycles. The molecule has 1 atom stereocenters. The number of rotatable bonds is 4. The predicted octanol–water partition coefficient (Wildman–Crippen LogP) is 2.77. The molecule has 1 aliphatic rings. The normalized spacial score (nSPS) is 21.0. The number of carbonyl (C=O) groups is 2. The first-order chi connectivity index (χ1) is 12.1. The molecule has 0 saturated heterocycles. The minimum absolute atomic E-state index is 0.0748. The molecular weight excluding hydrogens is 316 g/mol. The van der Waals surface area contributed by atoms with Crippen molar-refractivity contribution in [1.82, 2.24) is 5.43 Å². The van der Waals surface area contributed by atoms with Crippen molar-refractivity contribution in [2.75, 3.05) is 5.32 Å². The maximum atomic E-state index is 13.1. The van der Waals surface area contributed by atoms with Gasteiger partial charge in [0.25, 0.3) is 0 Å². The first kappa shape index (κ1) is 16.7. The van der Waals surface area contributed by atoms with Gasteiger partial charge in [-0.3, -0.25) is 4.79 Å². The molecule has 1 aliphatic carbocycles. The van der Waals surface area contributed by atoms with Crippen LogP contribution in [0.3, 0.4) is 0 Å². The van der Waals surface area contributed by atoms with E-state index in [1.165, 1.54) is 0 Å². The number of primary amides is 1. The molecule has 1 unspecified atom stereocenters. The molecule has 1 saturated carbocycles. The summed E-state index contributed by atoms with van der Waals surface area (Å²) in [5.41, 5.74) is 9.07. The zero-order valence-corrected chi connectivity index (χ0v) is 13.7. The standard InChI is InChI=1S/C19H20N4O2/c20-18(25)23-22-16-11-12-19(13-16,14-7-3-1-4-8-14)17(24)21-15-9-5-2-6-10-15/h1-10H,11-13H2,(H,21,24)(H3,20,23,25)/b22-16-. The average molecular weight is 336 g/mol. The van der Waals surface area contributed by atoms with Crippen molar-refractivity contribution in [2.24, 2.45) is 10.8 Å². The van der Waals surface area contributed by atoms with Crippen LogP contribution >= 0.6 is 0 Å². The largest absolute Gasteiger partial charge is 0.350 e. The minimum Gasteiger partial charge on any atom is -0.350 e. The molecule has 0 aromatic heterocycles. The van der Waals surface area contributed by atoms with Crippen LogP contribution in [-0.4, -0.2) is 17.6 Å². The first-order valence-corrected chi connectivity index (χ1v) is 8.13. The van der Waals surface area contributed by atoms with Gasteiger partial charge in [-0.1, -0.05) is 48.5 Å². The second-order valence-corrected chi connectivity index (χ2v) is 6.10. The van der Waals surface area contributed by atoms with E-state index in [1.54, 1.807) is 0 Å². The minimum atomic E-state index is -0.713. The van der Waals surface area contributed by atoms with Gasteiger partial charge in [0.05, 0.1) is 5.41 Å². The van der Waals surface area contributed by atoms with Crippen LogP contribution in [0.5, 0.6) is 0 Å². The van der Waals surface area contributed by atoms with Gasteiger partial charge in [-0.25, -0.2) is 10.2 Å². The van der Waals surface area contributed by atoms with E-state index < -0.39 is 11.4 Å². The monoisotopic (exact) mass is 336 g/mol. The number of nitrogens with two attached hydrogens (primary N) is 1. The molecule has 0 aliphatic heterocycles. The van der Waals surface area contributed by atoms with Gasteiger partial charge in [-0.15, -0.1) is 0 Å². The highest BCUT2D eigenvalue weighted by Crippen LogP contribution is 2.40. The van der Waals surface area contributed by atoms with E-state index in [9.17, 15) is 9.59 Å². The Hall–Kier alpha value is -3.15. The molecule has 0 radical (unpaired) electrons. The molecule has 0 heterocycles. The number of hydrogen-bond donors (Lipinski definition) is 3. The molecule has 4 N–H and O–H groups in total. The van der Waals surface area contributed by atoms with Crippen LogP contribution in [0.4, 0.5) is 10.5 Å². The lowest BCUT2D eigenvalue weighted by Gasteiger charge is -2.28. The molecule has 0 spiro atoms. The molecule has 1 fully saturated rings. The highest BCUT2D eigenvalue weighted by Gasteiger charge is 2.45. The van der Waals surface area contributed by atoms with Crippen LogP contribution < -0.4 is 16.5 Å². The zero-order valence-electron chi connectivity index (χ0n) is 13.7. The van der Waals surface area contributed by atoms with Crippen LogP contribution in [0.2, 0.25) is 0 Å². The number of hydrogen-bond acceptors (Lipinski definition) is 3. The summed E-state index contributed by atoms with van der Waals surface area (Å²) in [5, 5.41) is 7.05. The van der Waals surface area contributed by atoms with E-state index in [2.05, 4.69) is 15.8 Å². The molecule has 6 nitrogen and oxygen atoms in total. The fourth-order valence-corrected chi connectivity index (χ4v) is 3.21. The quantitative estimate of drug-likeness (QED) is 0.748. The van der Waals surface area contributed by atoms with Gasteiger partial charge in [-0.05, 0) is 30.5 Å². The highest BCUT2D eigenvalue weighted by atomic mass is 16.2. The number of para-hydroxylation sites is 1. The third-order valence-corrected chi connectivity index (χ3v) is 4.46. The Morgan fingerprint density at radius 1 is 1.00 bits per heavy atom. The average Bonchev–Trinajstić information content (AvgIpc) is 3.07. The van der Waals surface area contributed by atoms with Gasteiger partial charge in [0, 0.05) is 17.8 Å². The van der Waals surface area contributed by atoms with Gasteiger partial charge in [-0.2, -0.15) is 5.10 Å². The van der Waals surface area contributed by atoms with E-state index in [1.807, 2.05) is 60.7 Å². The molecule has 128 valence electrons. The van der Waals surface area contributed by atoms with Crippen LogP contribution in [0.1, 0.15) is 24.8 Å². The summed E-state index contributed by atoms with van der Waals surface area (Å²) < 4.78 is 0. The van der Waals surface area contributed by atoms with Crippen molar-refractivity contribution >= 4 is 23.3 Å². The molecule has 0 bridgehead atoms. The van der Waals surface area contributed by atoms with E-state index >= 15 is 0 Å². The first-order valence-electron chi connectivity index (χ1n) is 8.13. The van der Waals surface area contributed by atoms with E-state index in [0.29, 0.717) is 19.3 Å². The number of anilines is 1. The van der Waals surface area contributed by atoms with Crippen LogP contribution in [0, 0.1) is 0 Å². The number of hydrazone groups is 1. The SMILES string of the molecule is NC(=O)N/N=C1/CCC(C(=O)Nc2ccccc2)(c2ccccc2)C1.